The molecule has 5 nitrogen and oxygen atoms in total. The van der Waals surface area contributed by atoms with Crippen molar-refractivity contribution in [3.05, 3.63) is 138 Å². The number of benzene rings is 6. The Balaban J connectivity index is 1.11. The first-order valence-electron chi connectivity index (χ1n) is 15.3. The summed E-state index contributed by atoms with van der Waals surface area (Å²) in [6.45, 7) is 0.589. The van der Waals surface area contributed by atoms with E-state index in [0.29, 0.717) is 18.6 Å². The summed E-state index contributed by atoms with van der Waals surface area (Å²) >= 11 is 0. The van der Waals surface area contributed by atoms with Crippen LogP contribution in [0.2, 0.25) is 0 Å². The highest BCUT2D eigenvalue weighted by atomic mass is 16.5. The molecular weight excluding hydrogens is 560 g/mol. The van der Waals surface area contributed by atoms with Crippen LogP contribution in [0.25, 0.3) is 43.8 Å². The molecule has 6 aromatic carbocycles. The predicted molar refractivity (Wildman–Crippen MR) is 180 cm³/mol. The molecule has 0 heterocycles. The van der Waals surface area contributed by atoms with Gasteiger partial charge in [0, 0.05) is 0 Å². The third-order valence-corrected chi connectivity index (χ3v) is 8.33. The van der Waals surface area contributed by atoms with Crippen LogP contribution in [0.4, 0.5) is 0 Å². The Morgan fingerprint density at radius 1 is 0.533 bits per heavy atom. The number of hydrogen-bond donors (Lipinski definition) is 2. The number of rotatable bonds is 12. The average molecular weight is 595 g/mol. The van der Waals surface area contributed by atoms with Crippen molar-refractivity contribution in [2.45, 2.75) is 32.1 Å². The fourth-order valence-electron chi connectivity index (χ4n) is 6.18. The van der Waals surface area contributed by atoms with E-state index in [-0.39, 0.29) is 11.1 Å². The molecule has 0 saturated carbocycles. The van der Waals surface area contributed by atoms with Crippen LogP contribution in [0, 0.1) is 0 Å². The van der Waals surface area contributed by atoms with Gasteiger partial charge < -0.3 is 14.9 Å². The van der Waals surface area contributed by atoms with E-state index in [2.05, 4.69) is 91.0 Å². The summed E-state index contributed by atoms with van der Waals surface area (Å²) in [5.41, 5.74) is 5.66. The Labute approximate surface area is 262 Å². The van der Waals surface area contributed by atoms with Crippen molar-refractivity contribution in [2.75, 3.05) is 6.61 Å². The first-order chi connectivity index (χ1) is 22.0. The summed E-state index contributed by atoms with van der Waals surface area (Å²) in [6, 6.07) is 40.4. The largest absolute Gasteiger partial charge is 0.494 e. The Kier molecular flexibility index (Phi) is 8.88. The van der Waals surface area contributed by atoms with Crippen LogP contribution in [0.5, 0.6) is 5.75 Å². The Morgan fingerprint density at radius 3 is 1.62 bits per heavy atom. The molecule has 0 unspecified atom stereocenters. The summed E-state index contributed by atoms with van der Waals surface area (Å²) in [5, 5.41) is 23.6. The molecule has 5 heteroatoms. The van der Waals surface area contributed by atoms with Gasteiger partial charge in [0.05, 0.1) is 17.7 Å². The highest BCUT2D eigenvalue weighted by Gasteiger charge is 2.16. The summed E-state index contributed by atoms with van der Waals surface area (Å²) in [5.74, 6) is -1.27. The summed E-state index contributed by atoms with van der Waals surface area (Å²) in [4.78, 5) is 22.8. The van der Waals surface area contributed by atoms with Crippen LogP contribution in [-0.4, -0.2) is 28.8 Å². The number of carbonyl (C=O) groups is 2. The normalized spacial score (nSPS) is 11.1. The molecule has 0 aliphatic rings. The molecule has 0 amide bonds. The van der Waals surface area contributed by atoms with E-state index in [9.17, 15) is 19.8 Å². The van der Waals surface area contributed by atoms with Gasteiger partial charge in [-0.25, -0.2) is 9.59 Å². The Hall–Kier alpha value is -5.42. The van der Waals surface area contributed by atoms with Gasteiger partial charge in [-0.3, -0.25) is 0 Å². The van der Waals surface area contributed by atoms with E-state index in [1.807, 2.05) is 12.1 Å². The van der Waals surface area contributed by atoms with Crippen LogP contribution in [0.3, 0.4) is 0 Å². The SMILES string of the molecule is O=C(O)c1ccc(C(=O)O)c(CCCCCCOc2ccc(-c3c4ccccc4c(-c4ccccc4)c4ccccc34)cc2)c1. The van der Waals surface area contributed by atoms with Crippen molar-refractivity contribution in [2.24, 2.45) is 0 Å². The van der Waals surface area contributed by atoms with Crippen LogP contribution >= 0.6 is 0 Å². The predicted octanol–water partition coefficient (Wildman–Crippen LogP) is 9.91. The second-order valence-corrected chi connectivity index (χ2v) is 11.2. The fourth-order valence-corrected chi connectivity index (χ4v) is 6.18. The molecule has 6 rings (SSSR count). The molecule has 45 heavy (non-hydrogen) atoms. The van der Waals surface area contributed by atoms with Crippen LogP contribution in [-0.2, 0) is 6.42 Å². The van der Waals surface area contributed by atoms with Crippen molar-refractivity contribution in [1.29, 1.82) is 0 Å². The van der Waals surface area contributed by atoms with Gasteiger partial charge in [-0.05, 0) is 99.0 Å². The van der Waals surface area contributed by atoms with Gasteiger partial charge in [0.1, 0.15) is 5.75 Å². The topological polar surface area (TPSA) is 83.8 Å². The third kappa shape index (κ3) is 6.43. The Morgan fingerprint density at radius 2 is 1.07 bits per heavy atom. The van der Waals surface area contributed by atoms with Gasteiger partial charge in [-0.1, -0.05) is 104 Å². The molecular formula is C40H34O5. The highest BCUT2D eigenvalue weighted by Crippen LogP contribution is 2.43. The molecule has 2 N–H and O–H groups in total. The molecule has 0 saturated heterocycles. The number of carboxylic acid groups (broad SMARTS) is 2. The second kappa shape index (κ2) is 13.5. The second-order valence-electron chi connectivity index (χ2n) is 11.2. The van der Waals surface area contributed by atoms with Gasteiger partial charge in [0.25, 0.3) is 0 Å². The van der Waals surface area contributed by atoms with E-state index in [0.717, 1.165) is 37.0 Å². The lowest BCUT2D eigenvalue weighted by Crippen LogP contribution is -2.06. The maximum atomic E-state index is 11.5. The zero-order valence-electron chi connectivity index (χ0n) is 24.9. The number of fused-ring (bicyclic) bond motifs is 2. The van der Waals surface area contributed by atoms with Crippen LogP contribution in [0.1, 0.15) is 52.0 Å². The quantitative estimate of drug-likeness (QED) is 0.109. The van der Waals surface area contributed by atoms with Crippen molar-refractivity contribution in [1.82, 2.24) is 0 Å². The van der Waals surface area contributed by atoms with E-state index in [4.69, 9.17) is 4.74 Å². The lowest BCUT2D eigenvalue weighted by Gasteiger charge is -2.18. The molecule has 0 spiro atoms. The van der Waals surface area contributed by atoms with Gasteiger partial charge >= 0.3 is 11.9 Å². The van der Waals surface area contributed by atoms with Crippen LogP contribution < -0.4 is 4.74 Å². The summed E-state index contributed by atoms with van der Waals surface area (Å²) < 4.78 is 6.06. The van der Waals surface area contributed by atoms with Gasteiger partial charge in [0.2, 0.25) is 0 Å². The maximum absolute atomic E-state index is 11.5. The number of unbranched alkanes of at least 4 members (excludes halogenated alkanes) is 3. The fraction of sp³-hybridized carbons (Fsp3) is 0.150. The van der Waals surface area contributed by atoms with E-state index in [1.165, 1.54) is 56.4 Å². The molecule has 0 aromatic heterocycles. The minimum absolute atomic E-state index is 0.111. The molecule has 6 aromatic rings. The molecule has 0 radical (unpaired) electrons. The van der Waals surface area contributed by atoms with Gasteiger partial charge in [-0.2, -0.15) is 0 Å². The highest BCUT2D eigenvalue weighted by molar-refractivity contribution is 6.21. The molecule has 0 aliphatic carbocycles. The number of aryl methyl sites for hydroxylation is 1. The molecule has 0 atom stereocenters. The molecule has 0 fully saturated rings. The molecule has 0 aliphatic heterocycles. The zero-order chi connectivity index (χ0) is 31.2. The standard InChI is InChI=1S/C40H34O5/c41-39(42)30-21-24-32(40(43)44)29(26-30)14-4-1-2-11-25-45-31-22-19-28(20-23-31)38-35-17-9-7-15-33(35)37(27-12-5-3-6-13-27)34-16-8-10-18-36(34)38/h3,5-10,12-13,15-24,26H,1-2,4,11,14,25H2,(H,41,42)(H,43,44). The lowest BCUT2D eigenvalue weighted by atomic mass is 9.86. The number of hydrogen-bond acceptors (Lipinski definition) is 3. The van der Waals surface area contributed by atoms with Gasteiger partial charge in [-0.15, -0.1) is 0 Å². The Bertz CT molecular complexity index is 1920. The number of carboxylic acids is 2. The van der Waals surface area contributed by atoms with E-state index >= 15 is 0 Å². The zero-order valence-corrected chi connectivity index (χ0v) is 24.9. The minimum atomic E-state index is -1.05. The van der Waals surface area contributed by atoms with E-state index < -0.39 is 11.9 Å². The lowest BCUT2D eigenvalue weighted by molar-refractivity contribution is 0.0680. The molecule has 224 valence electrons. The smallest absolute Gasteiger partial charge is 0.335 e. The van der Waals surface area contributed by atoms with Gasteiger partial charge in [0.15, 0.2) is 0 Å². The average Bonchev–Trinajstić information content (AvgIpc) is 3.07. The number of ether oxygens (including phenoxy) is 1. The van der Waals surface area contributed by atoms with Crippen molar-refractivity contribution in [3.63, 3.8) is 0 Å². The number of aromatic carboxylic acids is 2. The van der Waals surface area contributed by atoms with E-state index in [1.54, 1.807) is 0 Å². The first-order valence-corrected chi connectivity index (χ1v) is 15.3. The third-order valence-electron chi connectivity index (χ3n) is 8.33. The van der Waals surface area contributed by atoms with Crippen molar-refractivity contribution < 1.29 is 24.5 Å². The van der Waals surface area contributed by atoms with Crippen molar-refractivity contribution >= 4 is 33.5 Å². The minimum Gasteiger partial charge on any atom is -0.494 e. The van der Waals surface area contributed by atoms with Crippen molar-refractivity contribution in [3.8, 4) is 28.0 Å². The summed E-state index contributed by atoms with van der Waals surface area (Å²) in [7, 11) is 0. The molecule has 0 bridgehead atoms. The monoisotopic (exact) mass is 594 g/mol. The van der Waals surface area contributed by atoms with Crippen LogP contribution in [0.15, 0.2) is 121 Å². The maximum Gasteiger partial charge on any atom is 0.335 e. The summed E-state index contributed by atoms with van der Waals surface area (Å²) in [6.07, 6.45) is 4.02. The first kappa shape index (κ1) is 29.6.